The third-order valence-corrected chi connectivity index (χ3v) is 6.33. The molecular weight excluding hydrogens is 472 g/mol. The van der Waals surface area contributed by atoms with Crippen LogP contribution in [0.1, 0.15) is 24.0 Å². The first-order chi connectivity index (χ1) is 15.6. The van der Waals surface area contributed by atoms with Crippen molar-refractivity contribution in [2.75, 3.05) is 0 Å². The zero-order valence-corrected chi connectivity index (χ0v) is 19.0. The highest BCUT2D eigenvalue weighted by atomic mass is 79.9. The molecule has 0 spiro atoms. The molecule has 0 amide bonds. The number of rotatable bonds is 5. The summed E-state index contributed by atoms with van der Waals surface area (Å²) >= 11 is 3.79. The van der Waals surface area contributed by atoms with Gasteiger partial charge in [0, 0.05) is 39.3 Å². The van der Waals surface area contributed by atoms with E-state index in [9.17, 15) is 4.79 Å². The molecule has 0 atom stereocenters. The van der Waals surface area contributed by atoms with E-state index in [-0.39, 0.29) is 5.56 Å². The van der Waals surface area contributed by atoms with Gasteiger partial charge in [-0.15, -0.1) is 10.2 Å². The zero-order chi connectivity index (χ0) is 22.2. The zero-order valence-electron chi connectivity index (χ0n) is 17.5. The van der Waals surface area contributed by atoms with E-state index in [4.69, 9.17) is 4.42 Å². The van der Waals surface area contributed by atoms with Crippen molar-refractivity contribution in [1.29, 1.82) is 0 Å². The monoisotopic (exact) mass is 490 g/mol. The first-order valence-electron chi connectivity index (χ1n) is 10.1. The number of fused-ring (bicyclic) bond motifs is 1. The van der Waals surface area contributed by atoms with Crippen LogP contribution in [-0.4, -0.2) is 30.2 Å². The van der Waals surface area contributed by atoms with Gasteiger partial charge in [-0.05, 0) is 50.8 Å². The Kier molecular flexibility index (Phi) is 5.18. The molecule has 5 rings (SSSR count). The lowest BCUT2D eigenvalue weighted by atomic mass is 9.97. The van der Waals surface area contributed by atoms with Gasteiger partial charge in [-0.2, -0.15) is 5.21 Å². The topological polar surface area (TPSA) is 102 Å². The highest BCUT2D eigenvalue weighted by molar-refractivity contribution is 9.10. The molecule has 3 aromatic rings. The molecule has 0 unspecified atom stereocenters. The van der Waals surface area contributed by atoms with Gasteiger partial charge < -0.3 is 4.42 Å². The third kappa shape index (κ3) is 3.34. The van der Waals surface area contributed by atoms with E-state index in [1.165, 1.54) is 0 Å². The van der Waals surface area contributed by atoms with E-state index in [1.54, 1.807) is 23.2 Å². The summed E-state index contributed by atoms with van der Waals surface area (Å²) in [6.07, 6.45) is 4.01. The summed E-state index contributed by atoms with van der Waals surface area (Å²) in [5.41, 5.74) is 6.27. The Morgan fingerprint density at radius 2 is 1.94 bits per heavy atom. The number of aromatic amines is 1. The SMILES string of the molecule is CCc1nc(C)cc(=O)n1Cc1c2ccocc-2c(Br)c1-c1ccccc1-c1nn[nH]n1. The minimum atomic E-state index is -0.0714. The van der Waals surface area contributed by atoms with Crippen LogP contribution >= 0.6 is 15.9 Å². The molecule has 1 aliphatic carbocycles. The first-order valence-corrected chi connectivity index (χ1v) is 10.9. The van der Waals surface area contributed by atoms with E-state index in [0.717, 1.165) is 49.4 Å². The number of hydrogen-bond acceptors (Lipinski definition) is 6. The molecule has 2 aliphatic rings. The largest absolute Gasteiger partial charge is 0.472 e. The Bertz CT molecular complexity index is 1440. The number of H-pyrrole nitrogens is 1. The van der Waals surface area contributed by atoms with E-state index >= 15 is 0 Å². The number of nitrogens with one attached hydrogen (secondary N) is 1. The average Bonchev–Trinajstić information content (AvgIpc) is 3.43. The van der Waals surface area contributed by atoms with Crippen LogP contribution in [0, 0.1) is 6.92 Å². The maximum Gasteiger partial charge on any atom is 0.254 e. The van der Waals surface area contributed by atoms with E-state index < -0.39 is 0 Å². The Hall–Kier alpha value is -3.59. The lowest BCUT2D eigenvalue weighted by Gasteiger charge is -2.15. The van der Waals surface area contributed by atoms with Crippen molar-refractivity contribution in [2.45, 2.75) is 26.8 Å². The summed E-state index contributed by atoms with van der Waals surface area (Å²) in [7, 11) is 0. The van der Waals surface area contributed by atoms with Gasteiger partial charge in [0.15, 0.2) is 0 Å². The van der Waals surface area contributed by atoms with Gasteiger partial charge in [-0.1, -0.05) is 31.2 Å². The lowest BCUT2D eigenvalue weighted by molar-refractivity contribution is 0.551. The highest BCUT2D eigenvalue weighted by Crippen LogP contribution is 2.48. The number of hydrogen-bond donors (Lipinski definition) is 1. The van der Waals surface area contributed by atoms with Gasteiger partial charge in [-0.25, -0.2) is 4.98 Å². The van der Waals surface area contributed by atoms with Gasteiger partial charge in [-0.3, -0.25) is 9.36 Å². The fourth-order valence-electron chi connectivity index (χ4n) is 4.10. The maximum atomic E-state index is 12.9. The first kappa shape index (κ1) is 20.3. The Balaban J connectivity index is 1.79. The number of halogens is 1. The molecule has 0 bridgehead atoms. The molecular formula is C23H19BrN6O2. The lowest BCUT2D eigenvalue weighted by Crippen LogP contribution is -2.25. The molecule has 3 heterocycles. The number of nitrogens with zero attached hydrogens (tertiary/aromatic N) is 5. The molecule has 0 fully saturated rings. The van der Waals surface area contributed by atoms with Crippen molar-refractivity contribution in [3.63, 3.8) is 0 Å². The average molecular weight is 491 g/mol. The molecule has 1 aliphatic heterocycles. The van der Waals surface area contributed by atoms with Crippen LogP contribution in [-0.2, 0) is 13.0 Å². The number of aromatic nitrogens is 6. The second kappa shape index (κ2) is 8.16. The van der Waals surface area contributed by atoms with Crippen molar-refractivity contribution in [3.05, 3.63) is 80.8 Å². The van der Waals surface area contributed by atoms with Crippen LogP contribution in [0.15, 0.2) is 62.6 Å². The van der Waals surface area contributed by atoms with Gasteiger partial charge in [0.1, 0.15) is 5.82 Å². The molecule has 0 saturated heterocycles. The minimum Gasteiger partial charge on any atom is -0.472 e. The van der Waals surface area contributed by atoms with Crippen LogP contribution in [0.3, 0.4) is 0 Å². The number of tetrazole rings is 1. The second-order valence-corrected chi connectivity index (χ2v) is 8.22. The van der Waals surface area contributed by atoms with Crippen LogP contribution < -0.4 is 5.56 Å². The quantitative estimate of drug-likeness (QED) is 0.389. The van der Waals surface area contributed by atoms with Crippen molar-refractivity contribution >= 4 is 15.9 Å². The number of aryl methyl sites for hydroxylation is 2. The third-order valence-electron chi connectivity index (χ3n) is 5.50. The summed E-state index contributed by atoms with van der Waals surface area (Å²) in [4.78, 5) is 17.5. The van der Waals surface area contributed by atoms with Crippen molar-refractivity contribution in [3.8, 4) is 33.6 Å². The Morgan fingerprint density at radius 1 is 1.12 bits per heavy atom. The normalized spacial score (nSPS) is 11.3. The molecule has 160 valence electrons. The Labute approximate surface area is 191 Å². The summed E-state index contributed by atoms with van der Waals surface area (Å²) in [5, 5.41) is 14.6. The summed E-state index contributed by atoms with van der Waals surface area (Å²) in [6.45, 7) is 4.22. The van der Waals surface area contributed by atoms with Crippen molar-refractivity contribution in [1.82, 2.24) is 30.2 Å². The number of benzene rings is 1. The van der Waals surface area contributed by atoms with Crippen LogP contribution in [0.5, 0.6) is 0 Å². The standard InChI is InChI=1S/C23H19BrN6O2/c1-3-19-25-13(2)10-20(31)30(19)11-17-14-8-9-32-12-18(14)22(24)21(17)15-6-4-5-7-16(15)23-26-28-29-27-23/h4-10,12H,3,11H2,1-2H3,(H,26,27,28,29). The van der Waals surface area contributed by atoms with E-state index in [0.29, 0.717) is 18.8 Å². The molecule has 2 aromatic heterocycles. The molecule has 1 N–H and O–H groups in total. The molecule has 9 heteroatoms. The van der Waals surface area contributed by atoms with Gasteiger partial charge >= 0.3 is 0 Å². The Morgan fingerprint density at radius 3 is 2.69 bits per heavy atom. The highest BCUT2D eigenvalue weighted by Gasteiger charge is 2.26. The van der Waals surface area contributed by atoms with Crippen molar-refractivity contribution < 1.29 is 4.42 Å². The molecule has 1 aromatic carbocycles. The minimum absolute atomic E-state index is 0.0714. The predicted octanol–water partition coefficient (Wildman–Crippen LogP) is 4.47. The molecule has 0 radical (unpaired) electrons. The summed E-state index contributed by atoms with van der Waals surface area (Å²) < 4.78 is 8.08. The van der Waals surface area contributed by atoms with Crippen molar-refractivity contribution in [2.24, 2.45) is 0 Å². The van der Waals surface area contributed by atoms with Gasteiger partial charge in [0.05, 0.1) is 19.1 Å². The van der Waals surface area contributed by atoms with E-state index in [1.807, 2.05) is 44.2 Å². The maximum absolute atomic E-state index is 12.9. The van der Waals surface area contributed by atoms with Gasteiger partial charge in [0.2, 0.25) is 5.82 Å². The fraction of sp³-hybridized carbons (Fsp3) is 0.174. The van der Waals surface area contributed by atoms with Crippen LogP contribution in [0.4, 0.5) is 0 Å². The fourth-order valence-corrected chi connectivity index (χ4v) is 4.86. The smallest absolute Gasteiger partial charge is 0.254 e. The summed E-state index contributed by atoms with van der Waals surface area (Å²) in [6, 6.07) is 11.4. The van der Waals surface area contributed by atoms with Crippen LogP contribution in [0.2, 0.25) is 0 Å². The summed E-state index contributed by atoms with van der Waals surface area (Å²) in [5.74, 6) is 1.25. The predicted molar refractivity (Wildman–Crippen MR) is 123 cm³/mol. The van der Waals surface area contributed by atoms with Gasteiger partial charge in [0.25, 0.3) is 5.56 Å². The molecule has 32 heavy (non-hydrogen) atoms. The van der Waals surface area contributed by atoms with Crippen LogP contribution in [0.25, 0.3) is 33.6 Å². The molecule has 0 saturated carbocycles. The van der Waals surface area contributed by atoms with E-state index in [2.05, 4.69) is 41.5 Å². The second-order valence-electron chi connectivity index (χ2n) is 7.42. The molecule has 8 nitrogen and oxygen atoms in total.